The predicted molar refractivity (Wildman–Crippen MR) is 280 cm³/mol. The zero-order valence-electron chi connectivity index (χ0n) is 37.5. The molecule has 0 fully saturated rings. The molecule has 0 atom stereocenters. The topological polar surface area (TPSA) is 99.6 Å². The van der Waals surface area contributed by atoms with Crippen molar-refractivity contribution in [3.63, 3.8) is 0 Å². The molecule has 0 bridgehead atoms. The van der Waals surface area contributed by atoms with Gasteiger partial charge in [0, 0.05) is 33.4 Å². The molecule has 70 heavy (non-hydrogen) atoms. The number of imidazole rings is 2. The van der Waals surface area contributed by atoms with Gasteiger partial charge in [0.25, 0.3) is 0 Å². The molecule has 0 saturated carbocycles. The van der Waals surface area contributed by atoms with E-state index in [4.69, 9.17) is 34.9 Å². The largest absolute Gasteiger partial charge is 0.278 e. The molecule has 0 unspecified atom stereocenters. The van der Waals surface area contributed by atoms with Crippen molar-refractivity contribution in [1.29, 1.82) is 0 Å². The fourth-order valence-electron chi connectivity index (χ4n) is 9.23. The Hall–Kier alpha value is -9.73. The minimum atomic E-state index is 0.586. The number of rotatable bonds is 9. The summed E-state index contributed by atoms with van der Waals surface area (Å²) < 4.78 is 4.52. The van der Waals surface area contributed by atoms with Gasteiger partial charge in [-0.25, -0.2) is 34.9 Å². The highest BCUT2D eigenvalue weighted by Crippen LogP contribution is 2.37. The van der Waals surface area contributed by atoms with Crippen LogP contribution in [-0.2, 0) is 0 Å². The van der Waals surface area contributed by atoms with Gasteiger partial charge in [0.05, 0.1) is 27.8 Å². The van der Waals surface area contributed by atoms with Crippen molar-refractivity contribution < 1.29 is 0 Å². The SMILES string of the molecule is c1ccc(-c2nc(-c3ccccc3)nc(-c3cccc(-c4cc(-c5cccc(-c6nc(-c7ccccc7)nc(-c7ccccc7)n6)c5)cc(-n5c6ccccc6n6c7ccccc7nc56)c4)c3)n2)cc1. The van der Waals surface area contributed by atoms with Crippen molar-refractivity contribution in [3.05, 3.63) is 237 Å². The molecule has 0 amide bonds. The van der Waals surface area contributed by atoms with Crippen molar-refractivity contribution in [2.45, 2.75) is 0 Å². The highest BCUT2D eigenvalue weighted by molar-refractivity contribution is 5.93. The molecule has 0 radical (unpaired) electrons. The van der Waals surface area contributed by atoms with Gasteiger partial charge in [0.1, 0.15) is 0 Å². The Labute approximate surface area is 402 Å². The van der Waals surface area contributed by atoms with E-state index in [1.807, 2.05) is 127 Å². The third-order valence-corrected chi connectivity index (χ3v) is 12.6. The summed E-state index contributed by atoms with van der Waals surface area (Å²) in [6, 6.07) is 80.7. The highest BCUT2D eigenvalue weighted by atomic mass is 15.2. The molecule has 0 saturated heterocycles. The molecule has 0 aliphatic rings. The van der Waals surface area contributed by atoms with Crippen molar-refractivity contribution in [2.24, 2.45) is 0 Å². The van der Waals surface area contributed by atoms with Crippen LogP contribution in [0.2, 0.25) is 0 Å². The molecule has 0 spiro atoms. The first-order chi connectivity index (χ1) is 34.7. The molecular weight excluding hydrogens is 859 g/mol. The molecular formula is C61H39N9. The number of hydrogen-bond acceptors (Lipinski definition) is 7. The quantitative estimate of drug-likeness (QED) is 0.142. The van der Waals surface area contributed by atoms with E-state index >= 15 is 0 Å². The van der Waals surface area contributed by atoms with Crippen LogP contribution in [0.25, 0.3) is 124 Å². The third kappa shape index (κ3) is 7.44. The summed E-state index contributed by atoms with van der Waals surface area (Å²) in [7, 11) is 0. The maximum absolute atomic E-state index is 5.25. The van der Waals surface area contributed by atoms with E-state index < -0.39 is 0 Å². The molecule has 9 nitrogen and oxygen atoms in total. The Morgan fingerprint density at radius 1 is 0.229 bits per heavy atom. The monoisotopic (exact) mass is 897 g/mol. The summed E-state index contributed by atoms with van der Waals surface area (Å²) in [4.78, 5) is 35.5. The third-order valence-electron chi connectivity index (χ3n) is 12.6. The van der Waals surface area contributed by atoms with Gasteiger partial charge in [0.2, 0.25) is 5.78 Å². The molecule has 0 N–H and O–H groups in total. The van der Waals surface area contributed by atoms with Crippen LogP contribution in [0.15, 0.2) is 237 Å². The van der Waals surface area contributed by atoms with Crippen LogP contribution in [0.1, 0.15) is 0 Å². The van der Waals surface area contributed by atoms with Gasteiger partial charge in [-0.1, -0.05) is 182 Å². The summed E-state index contributed by atoms with van der Waals surface area (Å²) in [6.45, 7) is 0. The summed E-state index contributed by atoms with van der Waals surface area (Å²) >= 11 is 0. The van der Waals surface area contributed by atoms with Gasteiger partial charge in [-0.15, -0.1) is 0 Å². The molecule has 9 aromatic carbocycles. The fourth-order valence-corrected chi connectivity index (χ4v) is 9.23. The number of aromatic nitrogens is 9. The summed E-state index contributed by atoms with van der Waals surface area (Å²) in [5.74, 6) is 4.44. The molecule has 0 aliphatic carbocycles. The molecule has 4 heterocycles. The Morgan fingerprint density at radius 2 is 0.557 bits per heavy atom. The molecule has 9 heteroatoms. The second-order valence-corrected chi connectivity index (χ2v) is 17.1. The average molecular weight is 898 g/mol. The number of para-hydroxylation sites is 4. The smallest absolute Gasteiger partial charge is 0.220 e. The van der Waals surface area contributed by atoms with Crippen LogP contribution < -0.4 is 0 Å². The van der Waals surface area contributed by atoms with E-state index in [-0.39, 0.29) is 0 Å². The first-order valence-corrected chi connectivity index (χ1v) is 23.1. The van der Waals surface area contributed by atoms with Crippen molar-refractivity contribution in [3.8, 4) is 96.3 Å². The van der Waals surface area contributed by atoms with Crippen LogP contribution in [0, 0.1) is 0 Å². The van der Waals surface area contributed by atoms with Gasteiger partial charge in [0.15, 0.2) is 34.9 Å². The number of hydrogen-bond donors (Lipinski definition) is 0. The Morgan fingerprint density at radius 3 is 1.00 bits per heavy atom. The van der Waals surface area contributed by atoms with Crippen LogP contribution >= 0.6 is 0 Å². The zero-order chi connectivity index (χ0) is 46.4. The maximum Gasteiger partial charge on any atom is 0.220 e. The highest BCUT2D eigenvalue weighted by Gasteiger charge is 2.20. The minimum Gasteiger partial charge on any atom is -0.278 e. The van der Waals surface area contributed by atoms with E-state index in [1.165, 1.54) is 0 Å². The second kappa shape index (κ2) is 17.2. The average Bonchev–Trinajstić information content (AvgIpc) is 3.98. The van der Waals surface area contributed by atoms with E-state index in [0.29, 0.717) is 34.9 Å². The van der Waals surface area contributed by atoms with E-state index in [9.17, 15) is 0 Å². The Balaban J connectivity index is 1.00. The molecule has 4 aromatic heterocycles. The molecule has 13 rings (SSSR count). The van der Waals surface area contributed by atoms with E-state index in [0.717, 1.165) is 89.2 Å². The molecule has 328 valence electrons. The van der Waals surface area contributed by atoms with Gasteiger partial charge in [-0.05, 0) is 76.9 Å². The molecule has 0 aliphatic heterocycles. The number of nitrogens with zero attached hydrogens (tertiary/aromatic N) is 9. The van der Waals surface area contributed by atoms with Crippen LogP contribution in [-0.4, -0.2) is 43.9 Å². The lowest BCUT2D eigenvalue weighted by atomic mass is 9.95. The predicted octanol–water partition coefficient (Wildman–Crippen LogP) is 14.1. The van der Waals surface area contributed by atoms with Gasteiger partial charge in [-0.2, -0.15) is 0 Å². The Bertz CT molecular complexity index is 3750. The number of benzene rings is 9. The first kappa shape index (κ1) is 40.5. The normalized spacial score (nSPS) is 11.4. The lowest BCUT2D eigenvalue weighted by molar-refractivity contribution is 1.07. The van der Waals surface area contributed by atoms with E-state index in [2.05, 4.69) is 118 Å². The fraction of sp³-hybridized carbons (Fsp3) is 0. The van der Waals surface area contributed by atoms with Crippen LogP contribution in [0.4, 0.5) is 0 Å². The van der Waals surface area contributed by atoms with Gasteiger partial charge < -0.3 is 0 Å². The summed E-state index contributed by atoms with van der Waals surface area (Å²) in [5.41, 5.74) is 14.5. The second-order valence-electron chi connectivity index (χ2n) is 17.1. The Kier molecular flexibility index (Phi) is 9.94. The van der Waals surface area contributed by atoms with Crippen molar-refractivity contribution >= 4 is 27.8 Å². The lowest BCUT2D eigenvalue weighted by Gasteiger charge is -2.14. The zero-order valence-corrected chi connectivity index (χ0v) is 37.5. The maximum atomic E-state index is 5.25. The van der Waals surface area contributed by atoms with Crippen LogP contribution in [0.3, 0.4) is 0 Å². The number of fused-ring (bicyclic) bond motifs is 5. The summed E-state index contributed by atoms with van der Waals surface area (Å²) in [5, 5.41) is 0. The molecule has 13 aromatic rings. The minimum absolute atomic E-state index is 0.586. The summed E-state index contributed by atoms with van der Waals surface area (Å²) in [6.07, 6.45) is 0. The van der Waals surface area contributed by atoms with Crippen LogP contribution in [0.5, 0.6) is 0 Å². The van der Waals surface area contributed by atoms with E-state index in [1.54, 1.807) is 0 Å². The van der Waals surface area contributed by atoms with Crippen molar-refractivity contribution in [2.75, 3.05) is 0 Å². The standard InChI is InChI=1S/C61H39N9/c1-5-19-40(20-6-1)55-63-56(41-21-7-2-8-22-41)66-59(65-55)46-29-17-27-44(35-46)48-37-49(39-50(38-48)69-53-33-15-16-34-54(53)70-52-32-14-13-31-51(52)62-61(69)70)45-28-18-30-47(36-45)60-67-57(42-23-9-3-10-24-42)64-58(68-60)43-25-11-4-12-26-43/h1-39H. The van der Waals surface area contributed by atoms with Gasteiger partial charge in [-0.3, -0.25) is 8.97 Å². The lowest BCUT2D eigenvalue weighted by Crippen LogP contribution is -2.00. The first-order valence-electron chi connectivity index (χ1n) is 23.1. The van der Waals surface area contributed by atoms with Crippen molar-refractivity contribution in [1.82, 2.24) is 43.9 Å². The van der Waals surface area contributed by atoms with Gasteiger partial charge >= 0.3 is 0 Å².